The normalized spacial score (nSPS) is 18.5. The third-order valence-corrected chi connectivity index (χ3v) is 5.17. The number of piperidine rings is 1. The van der Waals surface area contributed by atoms with Crippen LogP contribution in [0.1, 0.15) is 30.4 Å². The molecule has 0 unspecified atom stereocenters. The molecule has 0 saturated carbocycles. The highest BCUT2D eigenvalue weighted by atomic mass is 35.5. The molecule has 1 atom stereocenters. The molecule has 1 saturated heterocycles. The summed E-state index contributed by atoms with van der Waals surface area (Å²) in [5.74, 6) is 2.42. The fourth-order valence-electron chi connectivity index (χ4n) is 3.58. The summed E-state index contributed by atoms with van der Waals surface area (Å²) in [6.45, 7) is 4.58. The van der Waals surface area contributed by atoms with Crippen molar-refractivity contribution in [1.82, 2.24) is 39.2 Å². The molecule has 1 aliphatic rings. The Labute approximate surface area is 157 Å². The summed E-state index contributed by atoms with van der Waals surface area (Å²) >= 11 is 5.93. The van der Waals surface area contributed by atoms with Gasteiger partial charge in [-0.25, -0.2) is 0 Å². The quantitative estimate of drug-likeness (QED) is 0.658. The molecule has 0 amide bonds. The summed E-state index contributed by atoms with van der Waals surface area (Å²) in [6, 6.07) is 1.92. The van der Waals surface area contributed by atoms with E-state index in [1.807, 2.05) is 27.8 Å². The minimum atomic E-state index is 0.411. The van der Waals surface area contributed by atoms with Crippen LogP contribution in [-0.2, 0) is 20.1 Å². The highest BCUT2D eigenvalue weighted by Gasteiger charge is 2.25. The Hall–Kier alpha value is -2.19. The molecule has 26 heavy (non-hydrogen) atoms. The van der Waals surface area contributed by atoms with Gasteiger partial charge < -0.3 is 9.47 Å². The van der Waals surface area contributed by atoms with Gasteiger partial charge in [-0.2, -0.15) is 10.2 Å². The van der Waals surface area contributed by atoms with Crippen molar-refractivity contribution in [1.29, 1.82) is 0 Å². The van der Waals surface area contributed by atoms with Crippen molar-refractivity contribution in [3.63, 3.8) is 0 Å². The van der Waals surface area contributed by atoms with Crippen LogP contribution in [0.2, 0.25) is 5.02 Å². The minimum Gasteiger partial charge on any atom is -0.316 e. The summed E-state index contributed by atoms with van der Waals surface area (Å²) in [6.07, 6.45) is 9.60. The third kappa shape index (κ3) is 3.81. The van der Waals surface area contributed by atoms with Crippen LogP contribution in [0.15, 0.2) is 30.9 Å². The molecule has 1 aliphatic heterocycles. The second-order valence-electron chi connectivity index (χ2n) is 6.80. The van der Waals surface area contributed by atoms with Gasteiger partial charge in [0.2, 0.25) is 0 Å². The van der Waals surface area contributed by atoms with Crippen molar-refractivity contribution >= 4 is 11.6 Å². The number of hydrogen-bond acceptors (Lipinski definition) is 5. The highest BCUT2D eigenvalue weighted by molar-refractivity contribution is 6.30. The molecule has 0 N–H and O–H groups in total. The molecule has 0 radical (unpaired) electrons. The predicted molar refractivity (Wildman–Crippen MR) is 98.0 cm³/mol. The van der Waals surface area contributed by atoms with Gasteiger partial charge in [-0.3, -0.25) is 9.36 Å². The maximum Gasteiger partial charge on any atom is 0.154 e. The number of aromatic nitrogens is 7. The topological polar surface area (TPSA) is 69.6 Å². The molecule has 4 heterocycles. The van der Waals surface area contributed by atoms with Gasteiger partial charge >= 0.3 is 0 Å². The Morgan fingerprint density at radius 1 is 1.19 bits per heavy atom. The van der Waals surface area contributed by atoms with Crippen LogP contribution >= 0.6 is 11.6 Å². The Morgan fingerprint density at radius 3 is 2.88 bits per heavy atom. The predicted octanol–water partition coefficient (Wildman–Crippen LogP) is 1.79. The van der Waals surface area contributed by atoms with Gasteiger partial charge in [0, 0.05) is 44.6 Å². The van der Waals surface area contributed by atoms with Crippen molar-refractivity contribution in [3.05, 3.63) is 47.5 Å². The average molecular weight is 375 g/mol. The first kappa shape index (κ1) is 17.2. The lowest BCUT2D eigenvalue weighted by Gasteiger charge is -2.32. The minimum absolute atomic E-state index is 0.411. The van der Waals surface area contributed by atoms with Crippen LogP contribution in [0.3, 0.4) is 0 Å². The van der Waals surface area contributed by atoms with E-state index in [1.54, 1.807) is 12.4 Å². The Kier molecular flexibility index (Phi) is 5.03. The summed E-state index contributed by atoms with van der Waals surface area (Å²) in [4.78, 5) is 2.48. The number of rotatable bonds is 6. The zero-order chi connectivity index (χ0) is 17.9. The SMILES string of the molecule is Cn1c(Cn2cccn2)nnc1[C@H]1CCCN(CCn2cc(Cl)cn2)C1. The number of hydrogen-bond donors (Lipinski definition) is 0. The highest BCUT2D eigenvalue weighted by Crippen LogP contribution is 2.25. The maximum absolute atomic E-state index is 5.93. The van der Waals surface area contributed by atoms with Gasteiger partial charge in [-0.1, -0.05) is 11.6 Å². The van der Waals surface area contributed by atoms with E-state index in [0.717, 1.165) is 44.2 Å². The Morgan fingerprint density at radius 2 is 2.12 bits per heavy atom. The Balaban J connectivity index is 1.38. The van der Waals surface area contributed by atoms with Crippen LogP contribution in [0.5, 0.6) is 0 Å². The van der Waals surface area contributed by atoms with Gasteiger partial charge in [0.1, 0.15) is 12.4 Å². The molecule has 138 valence electrons. The van der Waals surface area contributed by atoms with E-state index >= 15 is 0 Å². The lowest BCUT2D eigenvalue weighted by atomic mass is 9.97. The monoisotopic (exact) mass is 374 g/mol. The van der Waals surface area contributed by atoms with E-state index in [9.17, 15) is 0 Å². The standard InChI is InChI=1S/C17H23ClN8/c1-23-16(13-25-7-3-5-19-25)21-22-17(23)14-4-2-6-24(11-14)8-9-26-12-15(18)10-20-26/h3,5,7,10,12,14H,2,4,6,8-9,11,13H2,1H3/t14-/m0/s1. The van der Waals surface area contributed by atoms with E-state index in [1.165, 1.54) is 6.42 Å². The molecular weight excluding hydrogens is 352 g/mol. The lowest BCUT2D eigenvalue weighted by Crippen LogP contribution is -2.37. The van der Waals surface area contributed by atoms with Crippen molar-refractivity contribution in [3.8, 4) is 0 Å². The van der Waals surface area contributed by atoms with Crippen LogP contribution < -0.4 is 0 Å². The van der Waals surface area contributed by atoms with Crippen molar-refractivity contribution in [2.75, 3.05) is 19.6 Å². The second-order valence-corrected chi connectivity index (χ2v) is 7.23. The van der Waals surface area contributed by atoms with E-state index in [-0.39, 0.29) is 0 Å². The summed E-state index contributed by atoms with van der Waals surface area (Å²) in [5.41, 5.74) is 0. The zero-order valence-electron chi connectivity index (χ0n) is 14.9. The zero-order valence-corrected chi connectivity index (χ0v) is 15.6. The van der Waals surface area contributed by atoms with E-state index in [0.29, 0.717) is 17.5 Å². The molecule has 8 nitrogen and oxygen atoms in total. The van der Waals surface area contributed by atoms with E-state index < -0.39 is 0 Å². The molecule has 0 spiro atoms. The molecule has 3 aromatic rings. The maximum atomic E-state index is 5.93. The van der Waals surface area contributed by atoms with E-state index in [2.05, 4.69) is 36.9 Å². The summed E-state index contributed by atoms with van der Waals surface area (Å²) in [7, 11) is 2.05. The first-order chi connectivity index (χ1) is 12.7. The lowest BCUT2D eigenvalue weighted by molar-refractivity contribution is 0.193. The van der Waals surface area contributed by atoms with Gasteiger partial charge in [0.25, 0.3) is 0 Å². The van der Waals surface area contributed by atoms with Crippen LogP contribution in [0.4, 0.5) is 0 Å². The Bertz CT molecular complexity index is 837. The fourth-order valence-corrected chi connectivity index (χ4v) is 3.74. The third-order valence-electron chi connectivity index (χ3n) is 4.98. The van der Waals surface area contributed by atoms with Crippen LogP contribution in [-0.4, -0.2) is 58.9 Å². The number of likely N-dealkylation sites (tertiary alicyclic amines) is 1. The molecule has 0 bridgehead atoms. The number of halogens is 1. The molecule has 9 heteroatoms. The first-order valence-corrected chi connectivity index (χ1v) is 9.33. The summed E-state index contributed by atoms with van der Waals surface area (Å²) < 4.78 is 5.90. The van der Waals surface area contributed by atoms with Gasteiger partial charge in [0.15, 0.2) is 5.82 Å². The molecule has 3 aromatic heterocycles. The van der Waals surface area contributed by atoms with E-state index in [4.69, 9.17) is 11.6 Å². The smallest absolute Gasteiger partial charge is 0.154 e. The van der Waals surface area contributed by atoms with Gasteiger partial charge in [-0.05, 0) is 25.5 Å². The fraction of sp³-hybridized carbons (Fsp3) is 0.529. The van der Waals surface area contributed by atoms with Crippen LogP contribution in [0.25, 0.3) is 0 Å². The second kappa shape index (κ2) is 7.59. The largest absolute Gasteiger partial charge is 0.316 e. The molecule has 0 aromatic carbocycles. The summed E-state index contributed by atoms with van der Waals surface area (Å²) in [5, 5.41) is 18.1. The molecular formula is C17H23ClN8. The van der Waals surface area contributed by atoms with Gasteiger partial charge in [0.05, 0.1) is 17.8 Å². The number of nitrogens with zero attached hydrogens (tertiary/aromatic N) is 8. The van der Waals surface area contributed by atoms with Crippen molar-refractivity contribution in [2.24, 2.45) is 7.05 Å². The molecule has 0 aliphatic carbocycles. The average Bonchev–Trinajstić information content (AvgIpc) is 3.37. The van der Waals surface area contributed by atoms with Crippen molar-refractivity contribution < 1.29 is 0 Å². The first-order valence-electron chi connectivity index (χ1n) is 8.95. The molecule has 4 rings (SSSR count). The van der Waals surface area contributed by atoms with Crippen LogP contribution in [0, 0.1) is 0 Å². The van der Waals surface area contributed by atoms with Gasteiger partial charge in [-0.15, -0.1) is 10.2 Å². The van der Waals surface area contributed by atoms with Crippen molar-refractivity contribution in [2.45, 2.75) is 31.8 Å². The molecule has 1 fully saturated rings.